The molecule has 0 radical (unpaired) electrons. The van der Waals surface area contributed by atoms with E-state index in [-0.39, 0.29) is 11.4 Å². The molecule has 2 aromatic carbocycles. The predicted octanol–water partition coefficient (Wildman–Crippen LogP) is 5.68. The van der Waals surface area contributed by atoms with Crippen molar-refractivity contribution in [2.45, 2.75) is 6.92 Å². The highest BCUT2D eigenvalue weighted by Crippen LogP contribution is 2.31. The number of furan rings is 1. The number of fused-ring (bicyclic) bond motifs is 1. The molecule has 0 aliphatic carbocycles. The molecule has 0 aliphatic rings. The van der Waals surface area contributed by atoms with E-state index in [2.05, 4.69) is 10.3 Å². The van der Waals surface area contributed by atoms with Crippen molar-refractivity contribution >= 4 is 49.9 Å². The Kier molecular flexibility index (Phi) is 4.58. The molecule has 9 heteroatoms. The topological polar surface area (TPSA) is 98.3 Å². The number of non-ortho nitro benzene ring substituents is 1. The van der Waals surface area contributed by atoms with Crippen molar-refractivity contribution in [3.8, 4) is 11.3 Å². The van der Waals surface area contributed by atoms with Gasteiger partial charge in [0.25, 0.3) is 11.6 Å². The third-order valence-electron chi connectivity index (χ3n) is 4.06. The van der Waals surface area contributed by atoms with Gasteiger partial charge in [0, 0.05) is 22.7 Å². The van der Waals surface area contributed by atoms with Crippen LogP contribution in [0.5, 0.6) is 0 Å². The fourth-order valence-electron chi connectivity index (χ4n) is 2.65. The molecule has 2 aromatic heterocycles. The molecular weight excluding hydrogens is 402 g/mol. The fourth-order valence-corrected chi connectivity index (χ4v) is 3.76. The molecule has 28 heavy (non-hydrogen) atoms. The molecule has 0 fully saturated rings. The number of aromatic nitrogens is 1. The predicted molar refractivity (Wildman–Crippen MR) is 108 cm³/mol. The quantitative estimate of drug-likeness (QED) is 0.343. The van der Waals surface area contributed by atoms with Gasteiger partial charge in [0.15, 0.2) is 10.9 Å². The zero-order valence-corrected chi connectivity index (χ0v) is 16.0. The number of nitrogens with zero attached hydrogens (tertiary/aromatic N) is 2. The number of nitro groups is 1. The lowest BCUT2D eigenvalue weighted by atomic mass is 10.1. The molecule has 7 nitrogen and oxygen atoms in total. The number of anilines is 1. The number of thiazole rings is 1. The number of benzene rings is 2. The molecule has 4 aromatic rings. The third kappa shape index (κ3) is 3.47. The average Bonchev–Trinajstić information content (AvgIpc) is 3.29. The minimum Gasteiger partial charge on any atom is -0.451 e. The van der Waals surface area contributed by atoms with Crippen LogP contribution in [0.2, 0.25) is 5.02 Å². The van der Waals surface area contributed by atoms with E-state index < -0.39 is 10.8 Å². The van der Waals surface area contributed by atoms with Gasteiger partial charge in [-0.2, -0.15) is 0 Å². The van der Waals surface area contributed by atoms with Gasteiger partial charge in [-0.15, -0.1) is 0 Å². The Labute approximate surface area is 167 Å². The number of amides is 1. The summed E-state index contributed by atoms with van der Waals surface area (Å²) in [6, 6.07) is 12.8. The zero-order chi connectivity index (χ0) is 19.8. The molecule has 0 saturated carbocycles. The molecule has 1 N–H and O–H groups in total. The summed E-state index contributed by atoms with van der Waals surface area (Å²) in [6.07, 6.45) is 0. The first-order valence-corrected chi connectivity index (χ1v) is 9.33. The summed E-state index contributed by atoms with van der Waals surface area (Å²) in [5, 5.41) is 14.7. The summed E-state index contributed by atoms with van der Waals surface area (Å²) in [5.74, 6) is -0.0194. The molecule has 140 valence electrons. The Bertz CT molecular complexity index is 1190. The van der Waals surface area contributed by atoms with Crippen LogP contribution in [0.3, 0.4) is 0 Å². The van der Waals surface area contributed by atoms with Crippen molar-refractivity contribution < 1.29 is 14.1 Å². The van der Waals surface area contributed by atoms with Gasteiger partial charge in [0.2, 0.25) is 0 Å². The summed E-state index contributed by atoms with van der Waals surface area (Å²) < 4.78 is 6.44. The van der Waals surface area contributed by atoms with Crippen molar-refractivity contribution in [2.75, 3.05) is 5.32 Å². The normalized spacial score (nSPS) is 10.9. The van der Waals surface area contributed by atoms with Gasteiger partial charge < -0.3 is 4.42 Å². The van der Waals surface area contributed by atoms with E-state index in [1.807, 2.05) is 19.1 Å². The first-order chi connectivity index (χ1) is 13.4. The number of hydrogen-bond acceptors (Lipinski definition) is 6. The largest absolute Gasteiger partial charge is 0.451 e. The van der Waals surface area contributed by atoms with E-state index in [4.69, 9.17) is 16.0 Å². The maximum Gasteiger partial charge on any atom is 0.293 e. The first kappa shape index (κ1) is 18.1. The highest BCUT2D eigenvalue weighted by atomic mass is 35.5. The Morgan fingerprint density at radius 2 is 2.07 bits per heavy atom. The number of carbonyl (C=O) groups is 1. The minimum absolute atomic E-state index is 0.0525. The zero-order valence-electron chi connectivity index (χ0n) is 14.4. The van der Waals surface area contributed by atoms with E-state index in [0.717, 1.165) is 15.8 Å². The number of carbonyl (C=O) groups excluding carboxylic acids is 1. The molecule has 0 bridgehead atoms. The number of aryl methyl sites for hydroxylation is 1. The van der Waals surface area contributed by atoms with Crippen LogP contribution in [0, 0.1) is 17.0 Å². The standard InChI is InChI=1S/C19H12ClN3O4S/c1-10-7-14-17(9-13(10)20)28-19(21-14)22-18(24)16-6-5-15(27-16)11-3-2-4-12(8-11)23(25)26/h2-9H,1H3,(H,21,22,24). The third-order valence-corrected chi connectivity index (χ3v) is 5.40. The molecular formula is C19H12ClN3O4S. The highest BCUT2D eigenvalue weighted by molar-refractivity contribution is 7.22. The van der Waals surface area contributed by atoms with Crippen LogP contribution in [0.15, 0.2) is 52.9 Å². The van der Waals surface area contributed by atoms with Crippen molar-refractivity contribution in [1.82, 2.24) is 4.98 Å². The molecule has 4 rings (SSSR count). The molecule has 0 saturated heterocycles. The maximum absolute atomic E-state index is 12.5. The molecule has 0 spiro atoms. The number of hydrogen-bond donors (Lipinski definition) is 1. The Morgan fingerprint density at radius 3 is 2.86 bits per heavy atom. The van der Waals surface area contributed by atoms with Crippen molar-refractivity contribution in [3.05, 3.63) is 75.0 Å². The fraction of sp³-hybridized carbons (Fsp3) is 0.0526. The first-order valence-electron chi connectivity index (χ1n) is 8.13. The molecule has 0 aliphatic heterocycles. The Morgan fingerprint density at radius 1 is 1.25 bits per heavy atom. The maximum atomic E-state index is 12.5. The van der Waals surface area contributed by atoms with Crippen LogP contribution in [-0.2, 0) is 0 Å². The van der Waals surface area contributed by atoms with Gasteiger partial charge in [0.1, 0.15) is 5.76 Å². The lowest BCUT2D eigenvalue weighted by Crippen LogP contribution is -2.10. The summed E-state index contributed by atoms with van der Waals surface area (Å²) in [7, 11) is 0. The van der Waals surface area contributed by atoms with Gasteiger partial charge in [0.05, 0.1) is 15.1 Å². The van der Waals surface area contributed by atoms with Gasteiger partial charge in [-0.25, -0.2) is 4.98 Å². The van der Waals surface area contributed by atoms with Crippen molar-refractivity contribution in [1.29, 1.82) is 0 Å². The van der Waals surface area contributed by atoms with E-state index in [9.17, 15) is 14.9 Å². The van der Waals surface area contributed by atoms with E-state index >= 15 is 0 Å². The van der Waals surface area contributed by atoms with Crippen molar-refractivity contribution in [3.63, 3.8) is 0 Å². The molecule has 0 atom stereocenters. The highest BCUT2D eigenvalue weighted by Gasteiger charge is 2.16. The van der Waals surface area contributed by atoms with Crippen molar-refractivity contribution in [2.24, 2.45) is 0 Å². The monoisotopic (exact) mass is 413 g/mol. The summed E-state index contributed by atoms with van der Waals surface area (Å²) in [6.45, 7) is 1.89. The number of halogens is 1. The van der Waals surface area contributed by atoms with Crippen LogP contribution in [-0.4, -0.2) is 15.8 Å². The van der Waals surface area contributed by atoms with Crippen LogP contribution in [0.25, 0.3) is 21.5 Å². The van der Waals surface area contributed by atoms with Crippen LogP contribution in [0.1, 0.15) is 16.1 Å². The van der Waals surface area contributed by atoms with E-state index in [1.165, 1.54) is 29.5 Å². The SMILES string of the molecule is Cc1cc2nc(NC(=O)c3ccc(-c4cccc([N+](=O)[O-])c4)o3)sc2cc1Cl. The van der Waals surface area contributed by atoms with Crippen LogP contribution in [0.4, 0.5) is 10.8 Å². The van der Waals surface area contributed by atoms with Gasteiger partial charge in [-0.1, -0.05) is 35.1 Å². The van der Waals surface area contributed by atoms with E-state index in [1.54, 1.807) is 18.2 Å². The Balaban J connectivity index is 1.56. The van der Waals surface area contributed by atoms with Crippen LogP contribution < -0.4 is 5.32 Å². The number of rotatable bonds is 4. The lowest BCUT2D eigenvalue weighted by molar-refractivity contribution is -0.384. The number of nitro benzene ring substituents is 1. The Hall–Kier alpha value is -3.23. The second-order valence-electron chi connectivity index (χ2n) is 6.01. The van der Waals surface area contributed by atoms with Gasteiger partial charge >= 0.3 is 0 Å². The molecule has 2 heterocycles. The smallest absolute Gasteiger partial charge is 0.293 e. The van der Waals surface area contributed by atoms with E-state index in [0.29, 0.717) is 21.5 Å². The summed E-state index contributed by atoms with van der Waals surface area (Å²) in [4.78, 5) is 27.3. The second kappa shape index (κ2) is 7.06. The number of nitrogens with one attached hydrogen (secondary N) is 1. The lowest BCUT2D eigenvalue weighted by Gasteiger charge is -1.99. The van der Waals surface area contributed by atoms with Gasteiger partial charge in [-0.05, 0) is 36.8 Å². The average molecular weight is 414 g/mol. The molecule has 1 amide bonds. The van der Waals surface area contributed by atoms with Gasteiger partial charge in [-0.3, -0.25) is 20.2 Å². The minimum atomic E-state index is -0.485. The summed E-state index contributed by atoms with van der Waals surface area (Å²) >= 11 is 7.43. The second-order valence-corrected chi connectivity index (χ2v) is 7.45. The van der Waals surface area contributed by atoms with Crippen LogP contribution >= 0.6 is 22.9 Å². The summed E-state index contributed by atoms with van der Waals surface area (Å²) in [5.41, 5.74) is 2.12. The molecule has 0 unspecified atom stereocenters.